The molecule has 0 atom stereocenters. The Bertz CT molecular complexity index is 664. The lowest BCUT2D eigenvalue weighted by Gasteiger charge is -2.08. The minimum absolute atomic E-state index is 0.334. The van der Waals surface area contributed by atoms with Crippen LogP contribution in [0.3, 0.4) is 0 Å². The largest absolute Gasteiger partial charge is 0.462 e. The van der Waals surface area contributed by atoms with E-state index in [9.17, 15) is 9.59 Å². The monoisotopic (exact) mass is 301 g/mol. The Morgan fingerprint density at radius 1 is 1.32 bits per heavy atom. The molecule has 0 fully saturated rings. The van der Waals surface area contributed by atoms with Gasteiger partial charge in [-0.3, -0.25) is 4.79 Å². The summed E-state index contributed by atoms with van der Waals surface area (Å²) in [6.07, 6.45) is 3.03. The van der Waals surface area contributed by atoms with Crippen LogP contribution >= 0.6 is 0 Å². The van der Waals surface area contributed by atoms with Gasteiger partial charge in [0, 0.05) is 0 Å². The number of aromatic nitrogens is 3. The zero-order valence-electron chi connectivity index (χ0n) is 12.8. The third-order valence-electron chi connectivity index (χ3n) is 3.16. The van der Waals surface area contributed by atoms with Gasteiger partial charge in [-0.1, -0.05) is 31.5 Å². The average molecular weight is 301 g/mol. The number of carbonyl (C=O) groups is 2. The highest BCUT2D eigenvalue weighted by atomic mass is 16.5. The number of rotatable bonds is 7. The number of aldehydes is 1. The second kappa shape index (κ2) is 7.49. The molecule has 116 valence electrons. The first-order chi connectivity index (χ1) is 10.7. The molecule has 1 heterocycles. The minimum Gasteiger partial charge on any atom is -0.462 e. The second-order valence-electron chi connectivity index (χ2n) is 4.89. The maximum Gasteiger partial charge on any atom is 0.338 e. The van der Waals surface area contributed by atoms with E-state index in [1.54, 1.807) is 22.9 Å². The molecule has 0 saturated heterocycles. The van der Waals surface area contributed by atoms with Crippen molar-refractivity contribution in [1.82, 2.24) is 15.0 Å². The third-order valence-corrected chi connectivity index (χ3v) is 3.16. The predicted molar refractivity (Wildman–Crippen MR) is 81.3 cm³/mol. The van der Waals surface area contributed by atoms with Crippen LogP contribution in [0.4, 0.5) is 0 Å². The molecule has 0 unspecified atom stereocenters. The maximum absolute atomic E-state index is 11.9. The summed E-state index contributed by atoms with van der Waals surface area (Å²) in [6, 6.07) is 6.97. The fraction of sp³-hybridized carbons (Fsp3) is 0.375. The van der Waals surface area contributed by atoms with Crippen molar-refractivity contribution in [2.75, 3.05) is 6.61 Å². The van der Waals surface area contributed by atoms with Gasteiger partial charge in [0.2, 0.25) is 0 Å². The van der Waals surface area contributed by atoms with Crippen molar-refractivity contribution in [3.8, 4) is 5.69 Å². The van der Waals surface area contributed by atoms with Gasteiger partial charge in [-0.25, -0.2) is 9.48 Å². The summed E-state index contributed by atoms with van der Waals surface area (Å²) >= 11 is 0. The van der Waals surface area contributed by atoms with Crippen LogP contribution in [0.5, 0.6) is 0 Å². The van der Waals surface area contributed by atoms with E-state index in [2.05, 4.69) is 10.3 Å². The van der Waals surface area contributed by atoms with Crippen LogP contribution in [0, 0.1) is 0 Å². The van der Waals surface area contributed by atoms with Crippen molar-refractivity contribution in [1.29, 1.82) is 0 Å². The molecule has 0 N–H and O–H groups in total. The Morgan fingerprint density at radius 3 is 2.82 bits per heavy atom. The molecule has 0 aliphatic rings. The number of carbonyl (C=O) groups excluding carboxylic acids is 2. The summed E-state index contributed by atoms with van der Waals surface area (Å²) in [4.78, 5) is 23.0. The lowest BCUT2D eigenvalue weighted by atomic mass is 10.1. The van der Waals surface area contributed by atoms with Crippen LogP contribution in [0.1, 0.15) is 53.2 Å². The molecule has 0 radical (unpaired) electrons. The van der Waals surface area contributed by atoms with Crippen LogP contribution in [0.2, 0.25) is 0 Å². The fourth-order valence-electron chi connectivity index (χ4n) is 2.13. The van der Waals surface area contributed by atoms with Crippen molar-refractivity contribution < 1.29 is 14.3 Å². The highest BCUT2D eigenvalue weighted by molar-refractivity contribution is 5.90. The molecule has 22 heavy (non-hydrogen) atoms. The van der Waals surface area contributed by atoms with Gasteiger partial charge in [0.15, 0.2) is 6.29 Å². The Labute approximate surface area is 129 Å². The standard InChI is InChI=1S/C16H19N3O3/c1-3-6-15-14(11-20)17-18-19(15)13-8-5-7-12(10-13)16(21)22-9-4-2/h5,7-8,10-11H,3-4,6,9H2,1-2H3. The highest BCUT2D eigenvalue weighted by Crippen LogP contribution is 2.16. The molecular weight excluding hydrogens is 282 g/mol. The normalized spacial score (nSPS) is 10.5. The number of ether oxygens (including phenoxy) is 1. The van der Waals surface area contributed by atoms with E-state index in [-0.39, 0.29) is 5.97 Å². The van der Waals surface area contributed by atoms with Crippen molar-refractivity contribution in [2.45, 2.75) is 33.1 Å². The summed E-state index contributed by atoms with van der Waals surface area (Å²) in [5.74, 6) is -0.364. The first kappa shape index (κ1) is 15.9. The van der Waals surface area contributed by atoms with Gasteiger partial charge < -0.3 is 4.74 Å². The van der Waals surface area contributed by atoms with E-state index in [0.717, 1.165) is 18.5 Å². The second-order valence-corrected chi connectivity index (χ2v) is 4.89. The van der Waals surface area contributed by atoms with Gasteiger partial charge in [-0.2, -0.15) is 0 Å². The Hall–Kier alpha value is -2.50. The summed E-state index contributed by atoms with van der Waals surface area (Å²) in [5, 5.41) is 7.90. The van der Waals surface area contributed by atoms with E-state index >= 15 is 0 Å². The molecule has 2 rings (SSSR count). The van der Waals surface area contributed by atoms with E-state index < -0.39 is 0 Å². The van der Waals surface area contributed by atoms with Crippen molar-refractivity contribution in [3.05, 3.63) is 41.2 Å². The lowest BCUT2D eigenvalue weighted by Crippen LogP contribution is -2.08. The van der Waals surface area contributed by atoms with Gasteiger partial charge in [-0.15, -0.1) is 5.10 Å². The zero-order chi connectivity index (χ0) is 15.9. The van der Waals surface area contributed by atoms with Gasteiger partial charge in [0.25, 0.3) is 0 Å². The van der Waals surface area contributed by atoms with Gasteiger partial charge in [0.05, 0.1) is 23.6 Å². The van der Waals surface area contributed by atoms with Crippen LogP contribution in [-0.4, -0.2) is 33.9 Å². The first-order valence-electron chi connectivity index (χ1n) is 7.38. The van der Waals surface area contributed by atoms with E-state index in [1.165, 1.54) is 0 Å². The van der Waals surface area contributed by atoms with Crippen LogP contribution in [0.25, 0.3) is 5.69 Å². The summed E-state index contributed by atoms with van der Waals surface area (Å²) < 4.78 is 6.73. The zero-order valence-corrected chi connectivity index (χ0v) is 12.8. The molecule has 0 aliphatic heterocycles. The van der Waals surface area contributed by atoms with Crippen molar-refractivity contribution in [2.24, 2.45) is 0 Å². The Kier molecular flexibility index (Phi) is 5.41. The third kappa shape index (κ3) is 3.39. The van der Waals surface area contributed by atoms with E-state index in [1.807, 2.05) is 19.9 Å². The molecule has 6 nitrogen and oxygen atoms in total. The number of benzene rings is 1. The van der Waals surface area contributed by atoms with E-state index in [4.69, 9.17) is 4.74 Å². The molecule has 0 aliphatic carbocycles. The predicted octanol–water partition coefficient (Wildman–Crippen LogP) is 2.60. The number of esters is 1. The minimum atomic E-state index is -0.364. The van der Waals surface area contributed by atoms with Crippen molar-refractivity contribution >= 4 is 12.3 Å². The summed E-state index contributed by atoms with van der Waals surface area (Å²) in [6.45, 7) is 4.35. The fourth-order valence-corrected chi connectivity index (χ4v) is 2.13. The first-order valence-corrected chi connectivity index (χ1v) is 7.38. The smallest absolute Gasteiger partial charge is 0.338 e. The van der Waals surface area contributed by atoms with Gasteiger partial charge in [0.1, 0.15) is 5.69 Å². The average Bonchev–Trinajstić information content (AvgIpc) is 2.96. The quantitative estimate of drug-likeness (QED) is 0.580. The molecule has 1 aromatic carbocycles. The van der Waals surface area contributed by atoms with Crippen LogP contribution in [0.15, 0.2) is 24.3 Å². The molecule has 0 bridgehead atoms. The maximum atomic E-state index is 11.9. The Balaban J connectivity index is 2.35. The molecule has 0 amide bonds. The number of hydrogen-bond donors (Lipinski definition) is 0. The topological polar surface area (TPSA) is 74.1 Å². The SMILES string of the molecule is CCCOC(=O)c1cccc(-n2nnc(C=O)c2CCC)c1. The molecule has 2 aromatic rings. The molecule has 0 spiro atoms. The van der Waals surface area contributed by atoms with Crippen LogP contribution < -0.4 is 0 Å². The van der Waals surface area contributed by atoms with Crippen molar-refractivity contribution in [3.63, 3.8) is 0 Å². The molecule has 0 saturated carbocycles. The Morgan fingerprint density at radius 2 is 2.14 bits per heavy atom. The van der Waals surface area contributed by atoms with Crippen LogP contribution in [-0.2, 0) is 11.2 Å². The molecule has 1 aromatic heterocycles. The van der Waals surface area contributed by atoms with Gasteiger partial charge >= 0.3 is 5.97 Å². The molecule has 6 heteroatoms. The highest BCUT2D eigenvalue weighted by Gasteiger charge is 2.14. The number of nitrogens with zero attached hydrogens (tertiary/aromatic N) is 3. The lowest BCUT2D eigenvalue weighted by molar-refractivity contribution is 0.0505. The summed E-state index contributed by atoms with van der Waals surface area (Å²) in [7, 11) is 0. The van der Waals surface area contributed by atoms with E-state index in [0.29, 0.717) is 36.3 Å². The number of hydrogen-bond acceptors (Lipinski definition) is 5. The summed E-state index contributed by atoms with van der Waals surface area (Å²) in [5.41, 5.74) is 2.23. The van der Waals surface area contributed by atoms with Gasteiger partial charge in [-0.05, 0) is 31.0 Å². The molecular formula is C16H19N3O3.